The van der Waals surface area contributed by atoms with Crippen LogP contribution in [0, 0.1) is 6.92 Å². The second kappa shape index (κ2) is 8.88. The first-order valence-electron chi connectivity index (χ1n) is 7.50. The number of esters is 1. The van der Waals surface area contributed by atoms with Gasteiger partial charge in [-0.1, -0.05) is 0 Å². The van der Waals surface area contributed by atoms with E-state index in [1.165, 1.54) is 17.4 Å². The van der Waals surface area contributed by atoms with Gasteiger partial charge in [0.1, 0.15) is 5.75 Å². The van der Waals surface area contributed by atoms with Crippen LogP contribution in [0.2, 0.25) is 0 Å². The van der Waals surface area contributed by atoms with Crippen molar-refractivity contribution in [3.63, 3.8) is 0 Å². The molecule has 5 nitrogen and oxygen atoms in total. The van der Waals surface area contributed by atoms with E-state index in [-0.39, 0.29) is 6.61 Å². The number of ether oxygens (including phenoxy) is 2. The van der Waals surface area contributed by atoms with Crippen LogP contribution in [0.25, 0.3) is 6.08 Å². The molecule has 1 heterocycles. The fourth-order valence-corrected chi connectivity index (χ4v) is 2.70. The largest absolute Gasteiger partial charge is 0.494 e. The number of aryl methyl sites for hydroxylation is 1. The number of carbonyl (C=O) groups excluding carboxylic acids is 2. The molecule has 0 fully saturated rings. The average molecular weight is 345 g/mol. The first-order valence-corrected chi connectivity index (χ1v) is 8.38. The fraction of sp³-hybridized carbons (Fsp3) is 0.222. The Bertz CT molecular complexity index is 719. The van der Waals surface area contributed by atoms with Gasteiger partial charge in [-0.25, -0.2) is 4.79 Å². The highest BCUT2D eigenvalue weighted by atomic mass is 32.1. The van der Waals surface area contributed by atoms with E-state index < -0.39 is 11.9 Å². The molecule has 1 amide bonds. The molecule has 0 atom stereocenters. The van der Waals surface area contributed by atoms with Gasteiger partial charge < -0.3 is 14.8 Å². The van der Waals surface area contributed by atoms with Crippen molar-refractivity contribution in [2.75, 3.05) is 18.5 Å². The van der Waals surface area contributed by atoms with Gasteiger partial charge in [0.05, 0.1) is 6.61 Å². The van der Waals surface area contributed by atoms with E-state index in [4.69, 9.17) is 9.47 Å². The van der Waals surface area contributed by atoms with Crippen molar-refractivity contribution < 1.29 is 19.1 Å². The molecular weight excluding hydrogens is 326 g/mol. The summed E-state index contributed by atoms with van der Waals surface area (Å²) in [5, 5.41) is 4.60. The zero-order chi connectivity index (χ0) is 17.4. The molecule has 0 unspecified atom stereocenters. The molecular formula is C18H19NO4S. The summed E-state index contributed by atoms with van der Waals surface area (Å²) in [6.07, 6.45) is 3.01. The minimum absolute atomic E-state index is 0.334. The number of anilines is 1. The van der Waals surface area contributed by atoms with E-state index in [0.717, 1.165) is 16.2 Å². The molecule has 0 saturated heterocycles. The number of rotatable bonds is 7. The molecule has 126 valence electrons. The molecule has 0 aliphatic rings. The number of hydrogen-bond donors (Lipinski definition) is 1. The van der Waals surface area contributed by atoms with E-state index in [0.29, 0.717) is 12.3 Å². The molecule has 6 heteroatoms. The highest BCUT2D eigenvalue weighted by Gasteiger charge is 2.06. The summed E-state index contributed by atoms with van der Waals surface area (Å²) < 4.78 is 10.2. The van der Waals surface area contributed by atoms with E-state index in [1.807, 2.05) is 25.3 Å². The van der Waals surface area contributed by atoms with Gasteiger partial charge in [0.15, 0.2) is 6.61 Å². The maximum absolute atomic E-state index is 11.8. The van der Waals surface area contributed by atoms with Crippen LogP contribution >= 0.6 is 11.3 Å². The van der Waals surface area contributed by atoms with Gasteiger partial charge in [-0.3, -0.25) is 4.79 Å². The third-order valence-corrected chi connectivity index (χ3v) is 4.05. The molecule has 0 radical (unpaired) electrons. The van der Waals surface area contributed by atoms with Crippen molar-refractivity contribution in [3.05, 3.63) is 52.2 Å². The molecule has 1 N–H and O–H groups in total. The van der Waals surface area contributed by atoms with E-state index >= 15 is 0 Å². The lowest BCUT2D eigenvalue weighted by molar-refractivity contribution is -0.142. The summed E-state index contributed by atoms with van der Waals surface area (Å²) in [5.74, 6) is -0.214. The van der Waals surface area contributed by atoms with Crippen LogP contribution in [0.1, 0.15) is 17.4 Å². The normalized spacial score (nSPS) is 10.6. The standard InChI is InChI=1S/C18H19NO4S/c1-3-22-15-6-4-14(5-7-15)19-17(20)12-23-18(21)9-8-16-13(2)10-11-24-16/h4-11H,3,12H2,1-2H3,(H,19,20)/b9-8+. The van der Waals surface area contributed by atoms with Crippen molar-refractivity contribution in [1.29, 1.82) is 0 Å². The van der Waals surface area contributed by atoms with Crippen LogP contribution in [0.4, 0.5) is 5.69 Å². The zero-order valence-electron chi connectivity index (χ0n) is 13.6. The highest BCUT2D eigenvalue weighted by Crippen LogP contribution is 2.17. The molecule has 2 rings (SSSR count). The van der Waals surface area contributed by atoms with Gasteiger partial charge in [-0.15, -0.1) is 11.3 Å². The maximum Gasteiger partial charge on any atom is 0.331 e. The van der Waals surface area contributed by atoms with Crippen molar-refractivity contribution in [2.45, 2.75) is 13.8 Å². The van der Waals surface area contributed by atoms with Crippen molar-refractivity contribution in [2.24, 2.45) is 0 Å². The van der Waals surface area contributed by atoms with E-state index in [1.54, 1.807) is 30.3 Å². The topological polar surface area (TPSA) is 64.6 Å². The second-order valence-corrected chi connectivity index (χ2v) is 5.86. The number of carbonyl (C=O) groups is 2. The van der Waals surface area contributed by atoms with Crippen molar-refractivity contribution >= 4 is 35.0 Å². The Morgan fingerprint density at radius 2 is 1.96 bits per heavy atom. The summed E-state index contributed by atoms with van der Waals surface area (Å²) in [5.41, 5.74) is 1.71. The third kappa shape index (κ3) is 5.55. The molecule has 2 aromatic rings. The van der Waals surface area contributed by atoms with Crippen LogP contribution in [0.15, 0.2) is 41.8 Å². The van der Waals surface area contributed by atoms with Crippen molar-refractivity contribution in [3.8, 4) is 5.75 Å². The second-order valence-electron chi connectivity index (χ2n) is 4.91. The van der Waals surface area contributed by atoms with Gasteiger partial charge in [0.25, 0.3) is 5.91 Å². The molecule has 1 aromatic heterocycles. The lowest BCUT2D eigenvalue weighted by Gasteiger charge is -2.07. The van der Waals surface area contributed by atoms with Gasteiger partial charge in [0.2, 0.25) is 0 Å². The number of amides is 1. The van der Waals surface area contributed by atoms with Crippen LogP contribution in [-0.2, 0) is 14.3 Å². The minimum atomic E-state index is -0.551. The quantitative estimate of drug-likeness (QED) is 0.614. The Hall–Kier alpha value is -2.60. The van der Waals surface area contributed by atoms with E-state index in [2.05, 4.69) is 5.32 Å². The Kier molecular flexibility index (Phi) is 6.57. The summed E-state index contributed by atoms with van der Waals surface area (Å²) in [6, 6.07) is 8.95. The van der Waals surface area contributed by atoms with Gasteiger partial charge in [-0.05, 0) is 61.2 Å². The predicted molar refractivity (Wildman–Crippen MR) is 95.3 cm³/mol. The highest BCUT2D eigenvalue weighted by molar-refractivity contribution is 7.11. The van der Waals surface area contributed by atoms with Crippen LogP contribution in [0.3, 0.4) is 0 Å². The zero-order valence-corrected chi connectivity index (χ0v) is 14.4. The predicted octanol–water partition coefficient (Wildman–Crippen LogP) is 3.65. The monoisotopic (exact) mass is 345 g/mol. The lowest BCUT2D eigenvalue weighted by atomic mass is 10.3. The average Bonchev–Trinajstić information content (AvgIpc) is 2.98. The SMILES string of the molecule is CCOc1ccc(NC(=O)COC(=O)/C=C/c2sccc2C)cc1. The van der Waals surface area contributed by atoms with Gasteiger partial charge in [0, 0.05) is 16.6 Å². The Morgan fingerprint density at radius 3 is 2.58 bits per heavy atom. The Labute approximate surface area is 144 Å². The number of benzene rings is 1. The summed E-state index contributed by atoms with van der Waals surface area (Å²) in [7, 11) is 0. The number of hydrogen-bond acceptors (Lipinski definition) is 5. The third-order valence-electron chi connectivity index (χ3n) is 3.07. The lowest BCUT2D eigenvalue weighted by Crippen LogP contribution is -2.20. The summed E-state index contributed by atoms with van der Waals surface area (Å²) >= 11 is 1.54. The maximum atomic E-state index is 11.8. The molecule has 0 aliphatic heterocycles. The van der Waals surface area contributed by atoms with Crippen LogP contribution in [-0.4, -0.2) is 25.1 Å². The summed E-state index contributed by atoms with van der Waals surface area (Å²) in [4.78, 5) is 24.4. The Morgan fingerprint density at radius 1 is 1.21 bits per heavy atom. The van der Waals surface area contributed by atoms with Crippen LogP contribution in [0.5, 0.6) is 5.75 Å². The summed E-state index contributed by atoms with van der Waals surface area (Å²) in [6.45, 7) is 4.12. The number of thiophene rings is 1. The van der Waals surface area contributed by atoms with Gasteiger partial charge >= 0.3 is 5.97 Å². The molecule has 0 saturated carbocycles. The molecule has 0 aliphatic carbocycles. The smallest absolute Gasteiger partial charge is 0.331 e. The molecule has 24 heavy (non-hydrogen) atoms. The molecule has 1 aromatic carbocycles. The first-order chi connectivity index (χ1) is 11.6. The molecule has 0 spiro atoms. The Balaban J connectivity index is 1.77. The molecule has 0 bridgehead atoms. The van der Waals surface area contributed by atoms with Gasteiger partial charge in [-0.2, -0.15) is 0 Å². The van der Waals surface area contributed by atoms with E-state index in [9.17, 15) is 9.59 Å². The van der Waals surface area contributed by atoms with Crippen molar-refractivity contribution in [1.82, 2.24) is 0 Å². The van der Waals surface area contributed by atoms with Crippen LogP contribution < -0.4 is 10.1 Å². The fourth-order valence-electron chi connectivity index (χ4n) is 1.88. The number of nitrogens with one attached hydrogen (secondary N) is 1. The minimum Gasteiger partial charge on any atom is -0.494 e. The first kappa shape index (κ1) is 17.7.